The number of nitrogens with zero attached hydrogens (tertiary/aromatic N) is 1. The minimum Gasteiger partial charge on any atom is -0.481 e. The van der Waals surface area contributed by atoms with E-state index in [2.05, 4.69) is 10.9 Å². The predicted molar refractivity (Wildman–Crippen MR) is 94.7 cm³/mol. The van der Waals surface area contributed by atoms with Gasteiger partial charge in [0.15, 0.2) is 6.10 Å². The number of amides is 2. The van der Waals surface area contributed by atoms with Crippen LogP contribution in [0.15, 0.2) is 42.5 Å². The van der Waals surface area contributed by atoms with E-state index in [1.807, 2.05) is 32.0 Å². The molecule has 0 saturated heterocycles. The molecule has 2 N–H and O–H groups in total. The topological polar surface area (TPSA) is 111 Å². The van der Waals surface area contributed by atoms with Gasteiger partial charge in [-0.25, -0.2) is 0 Å². The van der Waals surface area contributed by atoms with Gasteiger partial charge in [0.2, 0.25) is 0 Å². The monoisotopic (exact) mass is 357 g/mol. The zero-order valence-electron chi connectivity index (χ0n) is 14.6. The van der Waals surface area contributed by atoms with Crippen LogP contribution in [-0.4, -0.2) is 22.8 Å². The summed E-state index contributed by atoms with van der Waals surface area (Å²) in [6, 6.07) is 11.1. The average molecular weight is 357 g/mol. The molecule has 0 aliphatic carbocycles. The van der Waals surface area contributed by atoms with E-state index in [1.54, 1.807) is 0 Å². The third-order valence-corrected chi connectivity index (χ3v) is 3.66. The largest absolute Gasteiger partial charge is 0.481 e. The Bertz CT molecular complexity index is 850. The summed E-state index contributed by atoms with van der Waals surface area (Å²) in [5.74, 6) is -0.805. The lowest BCUT2D eigenvalue weighted by Crippen LogP contribution is -2.47. The molecule has 2 amide bonds. The maximum absolute atomic E-state index is 12.1. The molecule has 0 aliphatic heterocycles. The summed E-state index contributed by atoms with van der Waals surface area (Å²) in [7, 11) is 0. The van der Waals surface area contributed by atoms with Gasteiger partial charge in [0.25, 0.3) is 17.5 Å². The second kappa shape index (κ2) is 8.11. The van der Waals surface area contributed by atoms with E-state index in [-0.39, 0.29) is 11.3 Å². The van der Waals surface area contributed by atoms with Crippen molar-refractivity contribution in [2.24, 2.45) is 0 Å². The molecule has 0 spiro atoms. The Hall–Kier alpha value is -3.42. The first-order valence-corrected chi connectivity index (χ1v) is 7.87. The molecular weight excluding hydrogens is 338 g/mol. The molecule has 26 heavy (non-hydrogen) atoms. The Balaban J connectivity index is 1.99. The molecule has 0 bridgehead atoms. The third kappa shape index (κ3) is 4.56. The van der Waals surface area contributed by atoms with Gasteiger partial charge in [-0.15, -0.1) is 0 Å². The number of hydrogen-bond donors (Lipinski definition) is 2. The molecule has 8 nitrogen and oxygen atoms in total. The first kappa shape index (κ1) is 18.9. The fourth-order valence-electron chi connectivity index (χ4n) is 2.19. The van der Waals surface area contributed by atoms with Crippen LogP contribution >= 0.6 is 0 Å². The van der Waals surface area contributed by atoms with Crippen LogP contribution in [0.3, 0.4) is 0 Å². The van der Waals surface area contributed by atoms with Gasteiger partial charge in [-0.2, -0.15) is 0 Å². The van der Waals surface area contributed by atoms with E-state index < -0.39 is 22.8 Å². The van der Waals surface area contributed by atoms with Crippen LogP contribution < -0.4 is 15.6 Å². The van der Waals surface area contributed by atoms with Gasteiger partial charge >= 0.3 is 0 Å². The summed E-state index contributed by atoms with van der Waals surface area (Å²) in [4.78, 5) is 34.5. The number of ether oxygens (including phenoxy) is 1. The zero-order chi connectivity index (χ0) is 19.3. The molecule has 0 saturated carbocycles. The van der Waals surface area contributed by atoms with Gasteiger partial charge in [0.1, 0.15) is 11.3 Å². The number of aryl methyl sites for hydroxylation is 2. The Morgan fingerprint density at radius 1 is 1.12 bits per heavy atom. The van der Waals surface area contributed by atoms with Crippen molar-refractivity contribution in [1.82, 2.24) is 10.9 Å². The number of carbonyl (C=O) groups excluding carboxylic acids is 2. The van der Waals surface area contributed by atoms with E-state index in [1.165, 1.54) is 31.2 Å². The summed E-state index contributed by atoms with van der Waals surface area (Å²) >= 11 is 0. The predicted octanol–water partition coefficient (Wildman–Crippen LogP) is 2.44. The maximum Gasteiger partial charge on any atom is 0.282 e. The number of nitro groups is 1. The van der Waals surface area contributed by atoms with Crippen molar-refractivity contribution < 1.29 is 19.2 Å². The van der Waals surface area contributed by atoms with Crippen LogP contribution in [0.2, 0.25) is 0 Å². The summed E-state index contributed by atoms with van der Waals surface area (Å²) in [5.41, 5.74) is 5.74. The fraction of sp³-hybridized carbons (Fsp3) is 0.222. The lowest BCUT2D eigenvalue weighted by atomic mass is 10.1. The SMILES string of the molecule is Cc1ccc(C)c(OC(C)C(=O)NNC(=O)c2ccccc2[N+](=O)[O-])c1. The van der Waals surface area contributed by atoms with Gasteiger partial charge in [0, 0.05) is 6.07 Å². The molecular formula is C18H19N3O5. The molecule has 1 unspecified atom stereocenters. The van der Waals surface area contributed by atoms with Crippen molar-refractivity contribution in [3.8, 4) is 5.75 Å². The highest BCUT2D eigenvalue weighted by atomic mass is 16.6. The Morgan fingerprint density at radius 2 is 1.81 bits per heavy atom. The van der Waals surface area contributed by atoms with Crippen molar-refractivity contribution in [2.45, 2.75) is 26.9 Å². The molecule has 136 valence electrons. The minimum absolute atomic E-state index is 0.152. The quantitative estimate of drug-likeness (QED) is 0.631. The first-order valence-electron chi connectivity index (χ1n) is 7.87. The van der Waals surface area contributed by atoms with E-state index >= 15 is 0 Å². The maximum atomic E-state index is 12.1. The van der Waals surface area contributed by atoms with Crippen molar-refractivity contribution in [3.05, 3.63) is 69.3 Å². The average Bonchev–Trinajstić information content (AvgIpc) is 2.62. The molecule has 0 fully saturated rings. The normalized spacial score (nSPS) is 11.3. The van der Waals surface area contributed by atoms with Crippen molar-refractivity contribution in [2.75, 3.05) is 0 Å². The Kier molecular flexibility index (Phi) is 5.90. The van der Waals surface area contributed by atoms with Gasteiger partial charge < -0.3 is 4.74 Å². The number of para-hydroxylation sites is 1. The number of carbonyl (C=O) groups is 2. The van der Waals surface area contributed by atoms with Gasteiger partial charge in [-0.05, 0) is 44.0 Å². The summed E-state index contributed by atoms with van der Waals surface area (Å²) in [6.45, 7) is 5.30. The van der Waals surface area contributed by atoms with E-state index in [0.29, 0.717) is 5.75 Å². The number of nitro benzene ring substituents is 1. The number of hydrogen-bond acceptors (Lipinski definition) is 5. The number of hydrazine groups is 1. The highest BCUT2D eigenvalue weighted by Gasteiger charge is 2.21. The highest BCUT2D eigenvalue weighted by molar-refractivity contribution is 5.99. The van der Waals surface area contributed by atoms with E-state index in [0.717, 1.165) is 11.1 Å². The molecule has 2 rings (SSSR count). The van der Waals surface area contributed by atoms with Crippen LogP contribution in [0.1, 0.15) is 28.4 Å². The smallest absolute Gasteiger partial charge is 0.282 e. The van der Waals surface area contributed by atoms with Gasteiger partial charge in [0.05, 0.1) is 4.92 Å². The second-order valence-electron chi connectivity index (χ2n) is 5.75. The Morgan fingerprint density at radius 3 is 2.50 bits per heavy atom. The van der Waals surface area contributed by atoms with Crippen LogP contribution in [0.5, 0.6) is 5.75 Å². The van der Waals surface area contributed by atoms with Crippen LogP contribution in [0.25, 0.3) is 0 Å². The number of nitrogens with one attached hydrogen (secondary N) is 2. The van der Waals surface area contributed by atoms with Crippen molar-refractivity contribution in [1.29, 1.82) is 0 Å². The van der Waals surface area contributed by atoms with Crippen molar-refractivity contribution >= 4 is 17.5 Å². The fourth-order valence-corrected chi connectivity index (χ4v) is 2.19. The molecule has 2 aromatic rings. The van der Waals surface area contributed by atoms with Crippen LogP contribution in [-0.2, 0) is 4.79 Å². The van der Waals surface area contributed by atoms with Crippen LogP contribution in [0, 0.1) is 24.0 Å². The second-order valence-corrected chi connectivity index (χ2v) is 5.75. The standard InChI is InChI=1S/C18H19N3O5/c1-11-8-9-12(2)16(10-11)26-13(3)17(22)19-20-18(23)14-6-4-5-7-15(14)21(24)25/h4-10,13H,1-3H3,(H,19,22)(H,20,23). The molecule has 2 aromatic carbocycles. The lowest BCUT2D eigenvalue weighted by Gasteiger charge is -2.17. The molecule has 0 aliphatic rings. The molecule has 1 atom stereocenters. The van der Waals surface area contributed by atoms with Gasteiger partial charge in [-0.3, -0.25) is 30.6 Å². The summed E-state index contributed by atoms with van der Waals surface area (Å²) < 4.78 is 5.62. The number of benzene rings is 2. The zero-order valence-corrected chi connectivity index (χ0v) is 14.6. The van der Waals surface area contributed by atoms with Crippen molar-refractivity contribution in [3.63, 3.8) is 0 Å². The lowest BCUT2D eigenvalue weighted by molar-refractivity contribution is -0.385. The summed E-state index contributed by atoms with van der Waals surface area (Å²) in [6.07, 6.45) is -0.874. The highest BCUT2D eigenvalue weighted by Crippen LogP contribution is 2.20. The minimum atomic E-state index is -0.874. The Labute approximate surface area is 150 Å². The number of rotatable bonds is 5. The molecule has 8 heteroatoms. The molecule has 0 heterocycles. The van der Waals surface area contributed by atoms with E-state index in [9.17, 15) is 19.7 Å². The molecule has 0 aromatic heterocycles. The van der Waals surface area contributed by atoms with E-state index in [4.69, 9.17) is 4.74 Å². The third-order valence-electron chi connectivity index (χ3n) is 3.66. The van der Waals surface area contributed by atoms with Gasteiger partial charge in [-0.1, -0.05) is 24.3 Å². The van der Waals surface area contributed by atoms with Crippen LogP contribution in [0.4, 0.5) is 5.69 Å². The summed E-state index contributed by atoms with van der Waals surface area (Å²) in [5, 5.41) is 11.0. The molecule has 0 radical (unpaired) electrons. The first-order chi connectivity index (χ1) is 12.3.